The van der Waals surface area contributed by atoms with Crippen LogP contribution in [0.4, 0.5) is 0 Å². The van der Waals surface area contributed by atoms with Gasteiger partial charge >= 0.3 is 0 Å². The van der Waals surface area contributed by atoms with Crippen molar-refractivity contribution in [2.75, 3.05) is 0 Å². The summed E-state index contributed by atoms with van der Waals surface area (Å²) in [5.41, 5.74) is 4.90. The molecule has 0 N–H and O–H groups in total. The second kappa shape index (κ2) is 4.45. The number of hydrogen-bond acceptors (Lipinski definition) is 1. The zero-order valence-corrected chi connectivity index (χ0v) is 12.4. The van der Waals surface area contributed by atoms with E-state index in [1.54, 1.807) is 0 Å². The molecule has 0 saturated carbocycles. The first-order chi connectivity index (χ1) is 6.81. The fourth-order valence-electron chi connectivity index (χ4n) is 1.29. The summed E-state index contributed by atoms with van der Waals surface area (Å²) in [5, 5.41) is 1.28. The summed E-state index contributed by atoms with van der Waals surface area (Å²) >= 11 is 0. The van der Waals surface area contributed by atoms with Crippen molar-refractivity contribution in [1.29, 1.82) is 0 Å². The molecule has 1 rings (SSSR count). The van der Waals surface area contributed by atoms with Crippen LogP contribution in [0.1, 0.15) is 0 Å². The van der Waals surface area contributed by atoms with Gasteiger partial charge in [-0.3, -0.25) is 4.98 Å². The van der Waals surface area contributed by atoms with Gasteiger partial charge in [0.2, 0.25) is 0 Å². The van der Waals surface area contributed by atoms with Crippen molar-refractivity contribution in [3.05, 3.63) is 35.8 Å². The summed E-state index contributed by atoms with van der Waals surface area (Å²) in [6.07, 6.45) is 1.90. The standard InChI is InChI=1S/C12H21NSi2/c1-14(2,3)10-11-15(4,5)12-8-6-7-9-13-12/h6-11H,1-5H3/b11-10+. The van der Waals surface area contributed by atoms with Gasteiger partial charge in [-0.25, -0.2) is 0 Å². The predicted molar refractivity (Wildman–Crippen MR) is 73.8 cm³/mol. The van der Waals surface area contributed by atoms with Crippen LogP contribution in [-0.4, -0.2) is 21.1 Å². The Hall–Kier alpha value is -0.676. The summed E-state index contributed by atoms with van der Waals surface area (Å²) in [5.74, 6) is 0. The fraction of sp³-hybridized carbons (Fsp3) is 0.417. The summed E-state index contributed by atoms with van der Waals surface area (Å²) in [7, 11) is -2.52. The highest BCUT2D eigenvalue weighted by Crippen LogP contribution is 2.08. The van der Waals surface area contributed by atoms with Crippen molar-refractivity contribution in [2.24, 2.45) is 0 Å². The van der Waals surface area contributed by atoms with E-state index < -0.39 is 16.1 Å². The molecule has 1 nitrogen and oxygen atoms in total. The lowest BCUT2D eigenvalue weighted by Gasteiger charge is -2.19. The van der Waals surface area contributed by atoms with Crippen LogP contribution in [0.15, 0.2) is 35.8 Å². The highest BCUT2D eigenvalue weighted by Gasteiger charge is 2.22. The number of hydrogen-bond donors (Lipinski definition) is 0. The van der Waals surface area contributed by atoms with E-state index in [2.05, 4.69) is 61.3 Å². The molecule has 0 amide bonds. The topological polar surface area (TPSA) is 12.9 Å². The molecule has 1 aromatic heterocycles. The minimum Gasteiger partial charge on any atom is -0.266 e. The van der Waals surface area contributed by atoms with E-state index in [0.29, 0.717) is 0 Å². The normalized spacial score (nSPS) is 13.4. The number of nitrogens with zero attached hydrogens (tertiary/aromatic N) is 1. The van der Waals surface area contributed by atoms with E-state index in [9.17, 15) is 0 Å². The second-order valence-electron chi connectivity index (χ2n) is 5.64. The van der Waals surface area contributed by atoms with Crippen LogP contribution in [0.3, 0.4) is 0 Å². The van der Waals surface area contributed by atoms with E-state index in [1.807, 2.05) is 12.3 Å². The molecule has 82 valence electrons. The van der Waals surface area contributed by atoms with Gasteiger partial charge in [0.1, 0.15) is 8.07 Å². The third-order valence-corrected chi connectivity index (χ3v) is 6.44. The van der Waals surface area contributed by atoms with Gasteiger partial charge in [-0.1, -0.05) is 44.5 Å². The van der Waals surface area contributed by atoms with Crippen molar-refractivity contribution < 1.29 is 0 Å². The van der Waals surface area contributed by atoms with Crippen molar-refractivity contribution >= 4 is 21.5 Å². The molecular weight excluding hydrogens is 214 g/mol. The Kier molecular flexibility index (Phi) is 3.68. The number of aromatic nitrogens is 1. The molecule has 0 aliphatic heterocycles. The molecular formula is C12H21NSi2. The lowest BCUT2D eigenvalue weighted by Crippen LogP contribution is -2.42. The van der Waals surface area contributed by atoms with E-state index in [4.69, 9.17) is 0 Å². The molecule has 0 spiro atoms. The molecule has 0 bridgehead atoms. The molecule has 0 saturated heterocycles. The fourth-order valence-corrected chi connectivity index (χ4v) is 6.06. The van der Waals surface area contributed by atoms with Gasteiger partial charge in [0, 0.05) is 11.5 Å². The Labute approximate surface area is 95.3 Å². The smallest absolute Gasteiger partial charge is 0.127 e. The van der Waals surface area contributed by atoms with E-state index >= 15 is 0 Å². The molecule has 0 atom stereocenters. The molecule has 3 heteroatoms. The summed E-state index contributed by atoms with van der Waals surface area (Å²) in [6.45, 7) is 11.8. The Morgan fingerprint density at radius 1 is 1.00 bits per heavy atom. The van der Waals surface area contributed by atoms with Crippen molar-refractivity contribution in [2.45, 2.75) is 32.7 Å². The van der Waals surface area contributed by atoms with Gasteiger partial charge in [0.05, 0.1) is 8.07 Å². The van der Waals surface area contributed by atoms with E-state index in [1.165, 1.54) is 5.32 Å². The Bertz CT molecular complexity index is 336. The van der Waals surface area contributed by atoms with E-state index in [0.717, 1.165) is 0 Å². The molecule has 0 aromatic carbocycles. The maximum absolute atomic E-state index is 4.48. The first-order valence-corrected chi connectivity index (χ1v) is 12.1. The Balaban J connectivity index is 2.90. The van der Waals surface area contributed by atoms with Gasteiger partial charge in [0.25, 0.3) is 0 Å². The molecule has 0 radical (unpaired) electrons. The summed E-state index contributed by atoms with van der Waals surface area (Å²) in [6, 6.07) is 6.22. The second-order valence-corrected chi connectivity index (χ2v) is 15.0. The lowest BCUT2D eigenvalue weighted by atomic mass is 10.5. The first kappa shape index (κ1) is 12.4. The van der Waals surface area contributed by atoms with E-state index in [-0.39, 0.29) is 0 Å². The van der Waals surface area contributed by atoms with Crippen LogP contribution >= 0.6 is 0 Å². The van der Waals surface area contributed by atoms with Crippen LogP contribution in [0.25, 0.3) is 0 Å². The van der Waals surface area contributed by atoms with Crippen LogP contribution in [-0.2, 0) is 0 Å². The number of rotatable bonds is 3. The highest BCUT2D eigenvalue weighted by atomic mass is 28.3. The average Bonchev–Trinajstić information content (AvgIpc) is 2.16. The van der Waals surface area contributed by atoms with Crippen LogP contribution in [0.2, 0.25) is 32.7 Å². The summed E-state index contributed by atoms with van der Waals surface area (Å²) in [4.78, 5) is 4.48. The van der Waals surface area contributed by atoms with Crippen LogP contribution in [0, 0.1) is 0 Å². The molecule has 0 aliphatic carbocycles. The molecule has 15 heavy (non-hydrogen) atoms. The predicted octanol–water partition coefficient (Wildman–Crippen LogP) is 2.97. The quantitative estimate of drug-likeness (QED) is 0.734. The maximum Gasteiger partial charge on any atom is 0.127 e. The lowest BCUT2D eigenvalue weighted by molar-refractivity contribution is 1.37. The van der Waals surface area contributed by atoms with Crippen molar-refractivity contribution in [3.63, 3.8) is 0 Å². The summed E-state index contributed by atoms with van der Waals surface area (Å²) < 4.78 is 0. The third-order valence-electron chi connectivity index (χ3n) is 2.33. The zero-order valence-electron chi connectivity index (χ0n) is 10.4. The molecule has 0 aliphatic rings. The number of pyridine rings is 1. The molecule has 0 fully saturated rings. The minimum atomic E-state index is -1.45. The van der Waals surface area contributed by atoms with Crippen LogP contribution in [0.5, 0.6) is 0 Å². The first-order valence-electron chi connectivity index (χ1n) is 5.43. The third kappa shape index (κ3) is 4.14. The zero-order chi connectivity index (χ0) is 11.5. The van der Waals surface area contributed by atoms with Gasteiger partial charge in [0.15, 0.2) is 0 Å². The van der Waals surface area contributed by atoms with Crippen molar-refractivity contribution in [3.8, 4) is 0 Å². The van der Waals surface area contributed by atoms with Crippen molar-refractivity contribution in [1.82, 2.24) is 4.98 Å². The van der Waals surface area contributed by atoms with Gasteiger partial charge in [-0.2, -0.15) is 0 Å². The highest BCUT2D eigenvalue weighted by molar-refractivity contribution is 6.95. The van der Waals surface area contributed by atoms with Gasteiger partial charge in [-0.05, 0) is 12.1 Å². The Morgan fingerprint density at radius 2 is 1.67 bits per heavy atom. The van der Waals surface area contributed by atoms with Gasteiger partial charge < -0.3 is 0 Å². The monoisotopic (exact) mass is 235 g/mol. The Morgan fingerprint density at radius 3 is 2.13 bits per heavy atom. The molecule has 1 aromatic rings. The molecule has 1 heterocycles. The largest absolute Gasteiger partial charge is 0.266 e. The molecule has 0 unspecified atom stereocenters. The van der Waals surface area contributed by atoms with Crippen LogP contribution < -0.4 is 5.32 Å². The average molecular weight is 235 g/mol. The van der Waals surface area contributed by atoms with Gasteiger partial charge in [-0.15, -0.1) is 5.70 Å². The maximum atomic E-state index is 4.48. The minimum absolute atomic E-state index is 1.07. The SMILES string of the molecule is C[Si](C)(C)/C=C/[Si](C)(C)c1ccccn1.